The van der Waals surface area contributed by atoms with Crippen LogP contribution in [-0.2, 0) is 4.79 Å². The maximum absolute atomic E-state index is 11.4. The summed E-state index contributed by atoms with van der Waals surface area (Å²) in [5.74, 6) is 1.44. The maximum Gasteiger partial charge on any atom is 0.136 e. The van der Waals surface area contributed by atoms with E-state index in [0.717, 1.165) is 25.7 Å². The van der Waals surface area contributed by atoms with Gasteiger partial charge in [-0.2, -0.15) is 0 Å². The fourth-order valence-corrected chi connectivity index (χ4v) is 2.48. The van der Waals surface area contributed by atoms with E-state index >= 15 is 0 Å². The minimum Gasteiger partial charge on any atom is -0.299 e. The molecule has 0 N–H and O–H groups in total. The third-order valence-corrected chi connectivity index (χ3v) is 3.14. The van der Waals surface area contributed by atoms with E-state index in [0.29, 0.717) is 17.6 Å². The monoisotopic (exact) mass is 150 g/mol. The lowest BCUT2D eigenvalue weighted by Crippen LogP contribution is -2.24. The highest BCUT2D eigenvalue weighted by Crippen LogP contribution is 2.42. The molecule has 0 radical (unpaired) electrons. The molecule has 0 spiro atoms. The Morgan fingerprint density at radius 3 is 2.73 bits per heavy atom. The minimum atomic E-state index is 0.372. The van der Waals surface area contributed by atoms with Crippen LogP contribution in [0.2, 0.25) is 0 Å². The van der Waals surface area contributed by atoms with Crippen molar-refractivity contribution in [2.45, 2.75) is 32.1 Å². The summed E-state index contributed by atoms with van der Waals surface area (Å²) < 4.78 is 0. The van der Waals surface area contributed by atoms with Crippen LogP contribution in [0.15, 0.2) is 12.2 Å². The van der Waals surface area contributed by atoms with Gasteiger partial charge >= 0.3 is 0 Å². The molecule has 2 fully saturated rings. The second-order valence-corrected chi connectivity index (χ2v) is 3.77. The zero-order valence-electron chi connectivity index (χ0n) is 6.81. The minimum absolute atomic E-state index is 0.372. The SMILES string of the molecule is C=C1CCC2C(=O)CCCC12. The van der Waals surface area contributed by atoms with Gasteiger partial charge in [0.2, 0.25) is 0 Å². The molecule has 0 aromatic heterocycles. The molecule has 2 rings (SSSR count). The molecule has 2 unspecified atom stereocenters. The van der Waals surface area contributed by atoms with Crippen molar-refractivity contribution in [3.05, 3.63) is 12.2 Å². The van der Waals surface area contributed by atoms with Gasteiger partial charge in [0.05, 0.1) is 0 Å². The zero-order chi connectivity index (χ0) is 7.84. The third kappa shape index (κ3) is 1.03. The van der Waals surface area contributed by atoms with Crippen molar-refractivity contribution in [2.24, 2.45) is 11.8 Å². The van der Waals surface area contributed by atoms with E-state index in [4.69, 9.17) is 0 Å². The average molecular weight is 150 g/mol. The molecule has 1 nitrogen and oxygen atoms in total. The fourth-order valence-electron chi connectivity index (χ4n) is 2.48. The van der Waals surface area contributed by atoms with Crippen LogP contribution < -0.4 is 0 Å². The molecule has 2 aliphatic carbocycles. The third-order valence-electron chi connectivity index (χ3n) is 3.14. The predicted octanol–water partition coefficient (Wildman–Crippen LogP) is 2.32. The Morgan fingerprint density at radius 1 is 1.18 bits per heavy atom. The fraction of sp³-hybridized carbons (Fsp3) is 0.700. The standard InChI is InChI=1S/C10H14O/c1-7-5-6-9-8(7)3-2-4-10(9)11/h8-9H,1-6H2. The number of rotatable bonds is 0. The summed E-state index contributed by atoms with van der Waals surface area (Å²) in [4.78, 5) is 11.4. The highest BCUT2D eigenvalue weighted by Gasteiger charge is 2.37. The Morgan fingerprint density at radius 2 is 2.00 bits per heavy atom. The van der Waals surface area contributed by atoms with Crippen molar-refractivity contribution in [1.29, 1.82) is 0 Å². The van der Waals surface area contributed by atoms with Crippen LogP contribution in [-0.4, -0.2) is 5.78 Å². The van der Waals surface area contributed by atoms with Crippen molar-refractivity contribution < 1.29 is 4.79 Å². The summed E-state index contributed by atoms with van der Waals surface area (Å²) in [5, 5.41) is 0. The lowest BCUT2D eigenvalue weighted by molar-refractivity contribution is -0.125. The quantitative estimate of drug-likeness (QED) is 0.484. The van der Waals surface area contributed by atoms with E-state index in [1.165, 1.54) is 12.0 Å². The zero-order valence-corrected chi connectivity index (χ0v) is 6.81. The largest absolute Gasteiger partial charge is 0.299 e. The molecule has 0 aliphatic heterocycles. The summed E-state index contributed by atoms with van der Waals surface area (Å²) in [6.07, 6.45) is 5.33. The van der Waals surface area contributed by atoms with Gasteiger partial charge in [-0.05, 0) is 31.6 Å². The van der Waals surface area contributed by atoms with Gasteiger partial charge < -0.3 is 0 Å². The molecule has 11 heavy (non-hydrogen) atoms. The molecule has 0 aromatic carbocycles. The van der Waals surface area contributed by atoms with Crippen molar-refractivity contribution in [3.8, 4) is 0 Å². The Kier molecular flexibility index (Phi) is 1.59. The van der Waals surface area contributed by atoms with E-state index < -0.39 is 0 Å². The van der Waals surface area contributed by atoms with Gasteiger partial charge in [0, 0.05) is 12.3 Å². The summed E-state index contributed by atoms with van der Waals surface area (Å²) in [6, 6.07) is 0. The van der Waals surface area contributed by atoms with Gasteiger partial charge in [-0.15, -0.1) is 0 Å². The number of carbonyl (C=O) groups is 1. The van der Waals surface area contributed by atoms with Crippen LogP contribution in [0.25, 0.3) is 0 Å². The highest BCUT2D eigenvalue weighted by molar-refractivity contribution is 5.83. The number of ketones is 1. The first kappa shape index (κ1) is 7.08. The van der Waals surface area contributed by atoms with Crippen molar-refractivity contribution in [2.75, 3.05) is 0 Å². The van der Waals surface area contributed by atoms with Crippen LogP contribution >= 0.6 is 0 Å². The number of allylic oxidation sites excluding steroid dienone is 1. The lowest BCUT2D eigenvalue weighted by atomic mass is 9.80. The molecule has 0 saturated heterocycles. The average Bonchev–Trinajstić information content (AvgIpc) is 2.35. The van der Waals surface area contributed by atoms with E-state index in [2.05, 4.69) is 6.58 Å². The molecule has 1 heteroatoms. The van der Waals surface area contributed by atoms with Crippen LogP contribution in [0, 0.1) is 11.8 Å². The van der Waals surface area contributed by atoms with E-state index in [1.807, 2.05) is 0 Å². The van der Waals surface area contributed by atoms with Crippen LogP contribution in [0.4, 0.5) is 0 Å². The molecule has 2 atom stereocenters. The van der Waals surface area contributed by atoms with Gasteiger partial charge in [0.1, 0.15) is 5.78 Å². The predicted molar refractivity (Wildman–Crippen MR) is 44.2 cm³/mol. The first-order valence-electron chi connectivity index (χ1n) is 4.49. The van der Waals surface area contributed by atoms with Gasteiger partial charge in [-0.25, -0.2) is 0 Å². The summed E-state index contributed by atoms with van der Waals surface area (Å²) in [7, 11) is 0. The molecule has 0 bridgehead atoms. The van der Waals surface area contributed by atoms with Crippen LogP contribution in [0.1, 0.15) is 32.1 Å². The molecular weight excluding hydrogens is 136 g/mol. The van der Waals surface area contributed by atoms with Gasteiger partial charge in [-0.3, -0.25) is 4.79 Å². The lowest BCUT2D eigenvalue weighted by Gasteiger charge is -2.23. The van der Waals surface area contributed by atoms with Gasteiger partial charge in [0.15, 0.2) is 0 Å². The first-order chi connectivity index (χ1) is 5.29. The first-order valence-corrected chi connectivity index (χ1v) is 4.49. The number of carbonyl (C=O) groups excluding carboxylic acids is 1. The van der Waals surface area contributed by atoms with Crippen LogP contribution in [0.5, 0.6) is 0 Å². The smallest absolute Gasteiger partial charge is 0.136 e. The Labute approximate surface area is 67.5 Å². The van der Waals surface area contributed by atoms with Gasteiger partial charge in [-0.1, -0.05) is 12.2 Å². The van der Waals surface area contributed by atoms with Crippen LogP contribution in [0.3, 0.4) is 0 Å². The Balaban J connectivity index is 2.19. The summed E-state index contributed by atoms with van der Waals surface area (Å²) >= 11 is 0. The Hall–Kier alpha value is -0.590. The molecule has 0 amide bonds. The summed E-state index contributed by atoms with van der Waals surface area (Å²) in [6.45, 7) is 4.02. The number of fused-ring (bicyclic) bond motifs is 1. The number of Topliss-reactive ketones (excluding diaryl/α,β-unsaturated/α-hetero) is 1. The number of hydrogen-bond donors (Lipinski definition) is 0. The molecular formula is C10H14O. The maximum atomic E-state index is 11.4. The van der Waals surface area contributed by atoms with E-state index in [9.17, 15) is 4.79 Å². The van der Waals surface area contributed by atoms with Crippen molar-refractivity contribution in [1.82, 2.24) is 0 Å². The molecule has 0 aromatic rings. The second kappa shape index (κ2) is 2.47. The molecule has 2 saturated carbocycles. The van der Waals surface area contributed by atoms with Crippen molar-refractivity contribution in [3.63, 3.8) is 0 Å². The molecule has 60 valence electrons. The van der Waals surface area contributed by atoms with Gasteiger partial charge in [0.25, 0.3) is 0 Å². The molecule has 0 heterocycles. The van der Waals surface area contributed by atoms with E-state index in [1.54, 1.807) is 0 Å². The topological polar surface area (TPSA) is 17.1 Å². The van der Waals surface area contributed by atoms with Crippen molar-refractivity contribution >= 4 is 5.78 Å². The number of hydrogen-bond acceptors (Lipinski definition) is 1. The second-order valence-electron chi connectivity index (χ2n) is 3.77. The summed E-state index contributed by atoms with van der Waals surface area (Å²) in [5.41, 5.74) is 1.34. The van der Waals surface area contributed by atoms with E-state index in [-0.39, 0.29) is 0 Å². The molecule has 2 aliphatic rings. The normalized spacial score (nSPS) is 37.5. The highest BCUT2D eigenvalue weighted by atomic mass is 16.1. The Bertz CT molecular complexity index is 205.